The molecule has 106 valence electrons. The molecule has 0 spiro atoms. The van der Waals surface area contributed by atoms with Crippen molar-refractivity contribution in [2.45, 2.75) is 82.2 Å². The van der Waals surface area contributed by atoms with Gasteiger partial charge in [0, 0.05) is 5.41 Å². The number of hydrogen-bond acceptors (Lipinski definition) is 2. The molecule has 0 amide bonds. The SMILES string of the molecule is CCC(C)(I)C(=O)OC1(C(C)(C)CC)CCCC1. The van der Waals surface area contributed by atoms with E-state index >= 15 is 0 Å². The quantitative estimate of drug-likeness (QED) is 0.394. The molecule has 0 N–H and O–H groups in total. The Morgan fingerprint density at radius 3 is 2.06 bits per heavy atom. The summed E-state index contributed by atoms with van der Waals surface area (Å²) in [6, 6.07) is 0. The van der Waals surface area contributed by atoms with Gasteiger partial charge in [-0.05, 0) is 45.4 Å². The molecule has 1 unspecified atom stereocenters. The molecule has 0 aromatic rings. The lowest BCUT2D eigenvalue weighted by Crippen LogP contribution is -2.48. The van der Waals surface area contributed by atoms with Crippen LogP contribution in [0.25, 0.3) is 0 Å². The first-order valence-corrected chi connectivity index (χ1v) is 8.21. The highest BCUT2D eigenvalue weighted by atomic mass is 127. The van der Waals surface area contributed by atoms with Crippen molar-refractivity contribution in [1.29, 1.82) is 0 Å². The minimum absolute atomic E-state index is 0.0333. The van der Waals surface area contributed by atoms with Crippen molar-refractivity contribution < 1.29 is 9.53 Å². The fraction of sp³-hybridized carbons (Fsp3) is 0.933. The van der Waals surface area contributed by atoms with Gasteiger partial charge in [-0.3, -0.25) is 4.79 Å². The van der Waals surface area contributed by atoms with E-state index in [9.17, 15) is 4.79 Å². The number of ether oxygens (including phenoxy) is 1. The van der Waals surface area contributed by atoms with Crippen LogP contribution in [0.5, 0.6) is 0 Å². The zero-order chi connectivity index (χ0) is 14.0. The van der Waals surface area contributed by atoms with Gasteiger partial charge >= 0.3 is 5.97 Å². The summed E-state index contributed by atoms with van der Waals surface area (Å²) in [4.78, 5) is 12.4. The van der Waals surface area contributed by atoms with E-state index in [4.69, 9.17) is 4.74 Å². The van der Waals surface area contributed by atoms with Crippen molar-refractivity contribution >= 4 is 28.6 Å². The zero-order valence-corrected chi connectivity index (χ0v) is 14.6. The largest absolute Gasteiger partial charge is 0.458 e. The molecule has 3 heteroatoms. The van der Waals surface area contributed by atoms with Crippen molar-refractivity contribution in [1.82, 2.24) is 0 Å². The van der Waals surface area contributed by atoms with E-state index in [1.807, 2.05) is 13.8 Å². The summed E-state index contributed by atoms with van der Waals surface area (Å²) < 4.78 is 5.67. The lowest BCUT2D eigenvalue weighted by atomic mass is 9.71. The maximum Gasteiger partial charge on any atom is 0.322 e. The van der Waals surface area contributed by atoms with E-state index in [1.54, 1.807) is 0 Å². The molecule has 1 fully saturated rings. The van der Waals surface area contributed by atoms with Crippen LogP contribution in [0.2, 0.25) is 0 Å². The number of alkyl halides is 1. The van der Waals surface area contributed by atoms with Gasteiger partial charge in [-0.2, -0.15) is 0 Å². The van der Waals surface area contributed by atoms with Crippen molar-refractivity contribution in [3.8, 4) is 0 Å². The van der Waals surface area contributed by atoms with Gasteiger partial charge in [0.25, 0.3) is 0 Å². The Balaban J connectivity index is 2.92. The smallest absolute Gasteiger partial charge is 0.322 e. The predicted molar refractivity (Wildman–Crippen MR) is 84.1 cm³/mol. The van der Waals surface area contributed by atoms with Gasteiger partial charge in [0.2, 0.25) is 0 Å². The molecule has 0 aliphatic heterocycles. The summed E-state index contributed by atoms with van der Waals surface area (Å²) in [5.74, 6) is -0.0333. The molecule has 0 aromatic carbocycles. The van der Waals surface area contributed by atoms with Crippen LogP contribution in [-0.2, 0) is 9.53 Å². The Labute approximate surface area is 125 Å². The summed E-state index contributed by atoms with van der Waals surface area (Å²) in [6.45, 7) is 10.7. The molecule has 1 saturated carbocycles. The van der Waals surface area contributed by atoms with Crippen LogP contribution >= 0.6 is 22.6 Å². The molecule has 0 heterocycles. The molecule has 0 radical (unpaired) electrons. The van der Waals surface area contributed by atoms with Crippen LogP contribution in [0.3, 0.4) is 0 Å². The highest BCUT2D eigenvalue weighted by Gasteiger charge is 2.50. The Bertz CT molecular complexity index is 302. The van der Waals surface area contributed by atoms with Crippen LogP contribution in [0, 0.1) is 5.41 Å². The zero-order valence-electron chi connectivity index (χ0n) is 12.4. The lowest BCUT2D eigenvalue weighted by molar-refractivity contribution is -0.176. The van der Waals surface area contributed by atoms with Gasteiger partial charge in [0.15, 0.2) is 0 Å². The van der Waals surface area contributed by atoms with E-state index < -0.39 is 3.42 Å². The van der Waals surface area contributed by atoms with Crippen molar-refractivity contribution in [3.63, 3.8) is 0 Å². The number of carbonyl (C=O) groups is 1. The van der Waals surface area contributed by atoms with Gasteiger partial charge in [-0.15, -0.1) is 0 Å². The Morgan fingerprint density at radius 1 is 1.17 bits per heavy atom. The summed E-state index contributed by atoms with van der Waals surface area (Å²) in [5.41, 5.74) is -0.167. The molecule has 1 aliphatic carbocycles. The first-order valence-electron chi connectivity index (χ1n) is 7.13. The van der Waals surface area contributed by atoms with Crippen LogP contribution in [0.4, 0.5) is 0 Å². The average Bonchev–Trinajstić information content (AvgIpc) is 2.79. The van der Waals surface area contributed by atoms with Crippen LogP contribution < -0.4 is 0 Å². The third-order valence-corrected chi connectivity index (χ3v) is 6.11. The highest BCUT2D eigenvalue weighted by molar-refractivity contribution is 14.1. The maximum atomic E-state index is 12.4. The third kappa shape index (κ3) is 3.02. The topological polar surface area (TPSA) is 26.3 Å². The lowest BCUT2D eigenvalue weighted by Gasteiger charge is -2.44. The molecule has 18 heavy (non-hydrogen) atoms. The molecule has 2 nitrogen and oxygen atoms in total. The first-order chi connectivity index (χ1) is 8.21. The second-order valence-corrected chi connectivity index (χ2v) is 8.76. The molecule has 1 atom stereocenters. The normalized spacial score (nSPS) is 22.6. The molecular weight excluding hydrogens is 339 g/mol. The molecule has 0 aromatic heterocycles. The summed E-state index contributed by atoms with van der Waals surface area (Å²) >= 11 is 2.22. The van der Waals surface area contributed by atoms with Crippen molar-refractivity contribution in [2.24, 2.45) is 5.41 Å². The molecule has 0 saturated heterocycles. The fourth-order valence-electron chi connectivity index (χ4n) is 2.61. The van der Waals surface area contributed by atoms with Crippen molar-refractivity contribution in [2.75, 3.05) is 0 Å². The Morgan fingerprint density at radius 2 is 1.67 bits per heavy atom. The summed E-state index contributed by atoms with van der Waals surface area (Å²) in [5, 5.41) is 0. The third-order valence-electron chi connectivity index (χ3n) is 4.91. The van der Waals surface area contributed by atoms with Gasteiger partial charge < -0.3 is 4.74 Å². The van der Waals surface area contributed by atoms with Gasteiger partial charge in [-0.1, -0.05) is 50.3 Å². The van der Waals surface area contributed by atoms with Gasteiger partial charge in [0.1, 0.15) is 9.02 Å². The summed E-state index contributed by atoms with van der Waals surface area (Å²) in [6.07, 6.45) is 6.27. The predicted octanol–water partition coefficient (Wildman–Crippen LogP) is 4.88. The second kappa shape index (κ2) is 5.68. The van der Waals surface area contributed by atoms with Gasteiger partial charge in [0.05, 0.1) is 0 Å². The van der Waals surface area contributed by atoms with Crippen molar-refractivity contribution in [3.05, 3.63) is 0 Å². The fourth-order valence-corrected chi connectivity index (χ4v) is 2.72. The number of esters is 1. The molecule has 1 aliphatic rings. The Kier molecular flexibility index (Phi) is 5.13. The maximum absolute atomic E-state index is 12.4. The monoisotopic (exact) mass is 366 g/mol. The summed E-state index contributed by atoms with van der Waals surface area (Å²) in [7, 11) is 0. The first kappa shape index (κ1) is 16.3. The molecule has 0 bridgehead atoms. The van der Waals surface area contributed by atoms with Crippen LogP contribution in [-0.4, -0.2) is 15.0 Å². The Hall–Kier alpha value is 0.200. The molecular formula is C15H27IO2. The minimum Gasteiger partial charge on any atom is -0.458 e. The molecule has 1 rings (SSSR count). The van der Waals surface area contributed by atoms with E-state index in [-0.39, 0.29) is 17.0 Å². The van der Waals surface area contributed by atoms with Gasteiger partial charge in [-0.25, -0.2) is 0 Å². The number of carbonyl (C=O) groups excluding carboxylic acids is 1. The highest BCUT2D eigenvalue weighted by Crippen LogP contribution is 2.49. The number of rotatable bonds is 5. The standard InChI is InChI=1S/C15H27IO2/c1-6-13(3,4)15(10-8-9-11-15)18-12(17)14(5,16)7-2/h6-11H2,1-5H3. The number of hydrogen-bond donors (Lipinski definition) is 0. The van der Waals surface area contributed by atoms with E-state index in [0.29, 0.717) is 0 Å². The van der Waals surface area contributed by atoms with E-state index in [1.165, 1.54) is 12.8 Å². The number of halogens is 1. The second-order valence-electron chi connectivity index (χ2n) is 6.38. The van der Waals surface area contributed by atoms with Crippen LogP contribution in [0.15, 0.2) is 0 Å². The van der Waals surface area contributed by atoms with E-state index in [2.05, 4.69) is 43.4 Å². The average molecular weight is 366 g/mol. The van der Waals surface area contributed by atoms with Crippen LogP contribution in [0.1, 0.15) is 73.1 Å². The van der Waals surface area contributed by atoms with E-state index in [0.717, 1.165) is 25.7 Å². The minimum atomic E-state index is -0.392.